The van der Waals surface area contributed by atoms with Gasteiger partial charge >= 0.3 is 5.97 Å². The fraction of sp³-hybridized carbons (Fsp3) is 0.600. The fourth-order valence-electron chi connectivity index (χ4n) is 3.91. The molecule has 0 aromatic heterocycles. The normalized spacial score (nSPS) is 25.9. The molecule has 0 aliphatic heterocycles. The van der Waals surface area contributed by atoms with Gasteiger partial charge in [0.15, 0.2) is 0 Å². The molecule has 0 aromatic rings. The number of Topliss-reactive ketones (excluding diaryl/α,β-unsaturated/α-hetero) is 1. The molecule has 0 bridgehead atoms. The Morgan fingerprint density at radius 2 is 2.10 bits per heavy atom. The van der Waals surface area contributed by atoms with E-state index < -0.39 is 11.7 Å². The highest BCUT2D eigenvalue weighted by Crippen LogP contribution is 2.34. The zero-order chi connectivity index (χ0) is 22.0. The first-order valence-corrected chi connectivity index (χ1v) is 10.9. The molecule has 1 fully saturated rings. The molecule has 0 aromatic carbocycles. The van der Waals surface area contributed by atoms with Gasteiger partial charge in [-0.15, -0.1) is 0 Å². The Hall–Kier alpha value is -2.16. The molecule has 164 valence electrons. The fourth-order valence-corrected chi connectivity index (χ4v) is 3.91. The van der Waals surface area contributed by atoms with E-state index >= 15 is 0 Å². The van der Waals surface area contributed by atoms with Crippen molar-refractivity contribution in [3.8, 4) is 11.8 Å². The van der Waals surface area contributed by atoms with Crippen LogP contribution in [0.4, 0.5) is 0 Å². The summed E-state index contributed by atoms with van der Waals surface area (Å²) in [6.45, 7) is 1.69. The first kappa shape index (κ1) is 24.1. The molecular weight excluding hydrogens is 380 g/mol. The molecular formula is C25H34O5. The molecule has 2 rings (SSSR count). The predicted molar refractivity (Wildman–Crippen MR) is 116 cm³/mol. The maximum Gasteiger partial charge on any atom is 0.305 e. The van der Waals surface area contributed by atoms with Crippen molar-refractivity contribution in [2.24, 2.45) is 11.8 Å². The lowest BCUT2D eigenvalue weighted by atomic mass is 9.88. The summed E-state index contributed by atoms with van der Waals surface area (Å²) in [5, 5.41) is 20.8. The van der Waals surface area contributed by atoms with E-state index in [2.05, 4.69) is 22.7 Å². The van der Waals surface area contributed by atoms with E-state index in [0.717, 1.165) is 24.8 Å². The lowest BCUT2D eigenvalue weighted by Gasteiger charge is -2.18. The number of aliphatic hydroxyl groups is 2. The molecule has 2 aliphatic rings. The summed E-state index contributed by atoms with van der Waals surface area (Å²) in [6.07, 6.45) is 15.1. The molecule has 1 saturated carbocycles. The maximum atomic E-state index is 12.3. The minimum Gasteiger partial charge on any atom is -0.469 e. The minimum absolute atomic E-state index is 0.0832. The SMILES string of the molecule is COC(=O)CC/C=C\CC[C@H]1C(=O)C[C@@H](O)[C@@H]1/C=C/C[C@](C)(O)C#CC1=CCCC1. The molecule has 0 unspecified atom stereocenters. The van der Waals surface area contributed by atoms with E-state index in [4.69, 9.17) is 0 Å². The number of ketones is 1. The van der Waals surface area contributed by atoms with Crippen molar-refractivity contribution in [3.63, 3.8) is 0 Å². The lowest BCUT2D eigenvalue weighted by molar-refractivity contribution is -0.140. The molecule has 0 heterocycles. The quantitative estimate of drug-likeness (QED) is 0.342. The van der Waals surface area contributed by atoms with Crippen LogP contribution in [0.15, 0.2) is 36.0 Å². The Kier molecular flexibility index (Phi) is 9.55. The lowest BCUT2D eigenvalue weighted by Crippen LogP contribution is -2.21. The first-order chi connectivity index (χ1) is 14.3. The van der Waals surface area contributed by atoms with E-state index in [1.165, 1.54) is 7.11 Å². The summed E-state index contributed by atoms with van der Waals surface area (Å²) in [7, 11) is 1.37. The topological polar surface area (TPSA) is 83.8 Å². The number of hydrogen-bond donors (Lipinski definition) is 2. The molecule has 5 heteroatoms. The van der Waals surface area contributed by atoms with E-state index in [1.54, 1.807) is 6.92 Å². The van der Waals surface area contributed by atoms with Gasteiger partial charge < -0.3 is 14.9 Å². The Labute approximate surface area is 179 Å². The molecule has 2 N–H and O–H groups in total. The average Bonchev–Trinajstić information content (AvgIpc) is 3.31. The van der Waals surface area contributed by atoms with Gasteiger partial charge in [0.05, 0.1) is 13.2 Å². The molecule has 30 heavy (non-hydrogen) atoms. The Bertz CT molecular complexity index is 747. The molecule has 2 aliphatic carbocycles. The van der Waals surface area contributed by atoms with Crippen LogP contribution in [-0.2, 0) is 14.3 Å². The number of carbonyl (C=O) groups is 2. The van der Waals surface area contributed by atoms with Crippen LogP contribution in [0.1, 0.15) is 64.7 Å². The number of aliphatic hydroxyl groups excluding tert-OH is 1. The number of hydrogen-bond acceptors (Lipinski definition) is 5. The zero-order valence-electron chi connectivity index (χ0n) is 18.1. The van der Waals surface area contributed by atoms with Gasteiger partial charge in [0.25, 0.3) is 0 Å². The monoisotopic (exact) mass is 414 g/mol. The predicted octanol–water partition coefficient (Wildman–Crippen LogP) is 3.65. The minimum atomic E-state index is -1.13. The van der Waals surface area contributed by atoms with Crippen LogP contribution in [0, 0.1) is 23.7 Å². The number of esters is 1. The molecule has 4 atom stereocenters. The van der Waals surface area contributed by atoms with Gasteiger partial charge in [0.1, 0.15) is 11.4 Å². The third kappa shape index (κ3) is 7.93. The summed E-state index contributed by atoms with van der Waals surface area (Å²) >= 11 is 0. The first-order valence-electron chi connectivity index (χ1n) is 10.9. The number of carbonyl (C=O) groups excluding carboxylic acids is 2. The Morgan fingerprint density at radius 3 is 2.80 bits per heavy atom. The van der Waals surface area contributed by atoms with Crippen molar-refractivity contribution >= 4 is 11.8 Å². The van der Waals surface area contributed by atoms with Crippen molar-refractivity contribution in [2.45, 2.75) is 76.4 Å². The highest BCUT2D eigenvalue weighted by molar-refractivity contribution is 5.84. The van der Waals surface area contributed by atoms with Gasteiger partial charge in [0.2, 0.25) is 0 Å². The summed E-state index contributed by atoms with van der Waals surface area (Å²) in [5.41, 5.74) is -0.0403. The van der Waals surface area contributed by atoms with Crippen molar-refractivity contribution in [2.75, 3.05) is 7.11 Å². The van der Waals surface area contributed by atoms with Gasteiger partial charge in [-0.2, -0.15) is 0 Å². The standard InChI is InChI=1S/C25H34O5/c1-25(29,17-15-19-10-7-8-11-19)16-9-13-21-20(22(26)18-23(21)27)12-5-3-4-6-14-24(28)30-2/h3-4,9-10,13,20-21,23,27,29H,5-8,11-12,14,16,18H2,1-2H3/b4-3-,13-9+/t20-,21-,23-,25+/m1/s1. The van der Waals surface area contributed by atoms with Crippen molar-refractivity contribution in [1.29, 1.82) is 0 Å². The van der Waals surface area contributed by atoms with Gasteiger partial charge in [-0.1, -0.05) is 42.2 Å². The van der Waals surface area contributed by atoms with Crippen LogP contribution in [0.5, 0.6) is 0 Å². The van der Waals surface area contributed by atoms with E-state index in [9.17, 15) is 19.8 Å². The second-order valence-corrected chi connectivity index (χ2v) is 8.36. The summed E-state index contributed by atoms with van der Waals surface area (Å²) in [6, 6.07) is 0. The van der Waals surface area contributed by atoms with Crippen LogP contribution in [0.25, 0.3) is 0 Å². The van der Waals surface area contributed by atoms with Crippen LogP contribution < -0.4 is 0 Å². The van der Waals surface area contributed by atoms with Gasteiger partial charge in [0, 0.05) is 31.1 Å². The molecule has 5 nitrogen and oxygen atoms in total. The second-order valence-electron chi connectivity index (χ2n) is 8.36. The van der Waals surface area contributed by atoms with Crippen LogP contribution >= 0.6 is 0 Å². The van der Waals surface area contributed by atoms with Gasteiger partial charge in [-0.3, -0.25) is 9.59 Å². The van der Waals surface area contributed by atoms with Crippen LogP contribution in [0.3, 0.4) is 0 Å². The van der Waals surface area contributed by atoms with Crippen LogP contribution in [0.2, 0.25) is 0 Å². The average molecular weight is 415 g/mol. The number of ether oxygens (including phenoxy) is 1. The van der Waals surface area contributed by atoms with Crippen molar-refractivity contribution in [1.82, 2.24) is 0 Å². The third-order valence-electron chi connectivity index (χ3n) is 5.69. The Morgan fingerprint density at radius 1 is 1.33 bits per heavy atom. The third-order valence-corrected chi connectivity index (χ3v) is 5.69. The van der Waals surface area contributed by atoms with E-state index in [0.29, 0.717) is 32.1 Å². The highest BCUT2D eigenvalue weighted by Gasteiger charge is 2.39. The molecule has 0 spiro atoms. The number of methoxy groups -OCH3 is 1. The van der Waals surface area contributed by atoms with Crippen molar-refractivity contribution in [3.05, 3.63) is 36.0 Å². The maximum absolute atomic E-state index is 12.3. The molecule has 0 saturated heterocycles. The zero-order valence-corrected chi connectivity index (χ0v) is 18.1. The van der Waals surface area contributed by atoms with E-state index in [-0.39, 0.29) is 30.0 Å². The Balaban J connectivity index is 1.85. The smallest absolute Gasteiger partial charge is 0.305 e. The largest absolute Gasteiger partial charge is 0.469 e. The number of rotatable bonds is 9. The number of allylic oxidation sites excluding steroid dienone is 4. The van der Waals surface area contributed by atoms with E-state index in [1.807, 2.05) is 24.3 Å². The van der Waals surface area contributed by atoms with Crippen LogP contribution in [-0.4, -0.2) is 40.8 Å². The van der Waals surface area contributed by atoms with Gasteiger partial charge in [-0.05, 0) is 51.0 Å². The summed E-state index contributed by atoms with van der Waals surface area (Å²) < 4.78 is 4.60. The molecule has 0 amide bonds. The summed E-state index contributed by atoms with van der Waals surface area (Å²) in [4.78, 5) is 23.4. The molecule has 0 radical (unpaired) electrons. The highest BCUT2D eigenvalue weighted by atomic mass is 16.5. The second kappa shape index (κ2) is 11.9. The van der Waals surface area contributed by atoms with Gasteiger partial charge in [-0.25, -0.2) is 0 Å². The van der Waals surface area contributed by atoms with Crippen molar-refractivity contribution < 1.29 is 24.5 Å². The summed E-state index contributed by atoms with van der Waals surface area (Å²) in [5.74, 6) is 5.40.